The Morgan fingerprint density at radius 1 is 1.53 bits per heavy atom. The van der Waals surface area contributed by atoms with Gasteiger partial charge in [-0.25, -0.2) is 4.99 Å². The number of aliphatic imine (C=N–C) groups is 1. The van der Waals surface area contributed by atoms with Gasteiger partial charge in [-0.15, -0.1) is 0 Å². The summed E-state index contributed by atoms with van der Waals surface area (Å²) < 4.78 is 5.53. The van der Waals surface area contributed by atoms with Gasteiger partial charge in [-0.1, -0.05) is 39.0 Å². The van der Waals surface area contributed by atoms with Crippen molar-refractivity contribution >= 4 is 11.9 Å². The van der Waals surface area contributed by atoms with Crippen LogP contribution in [0.4, 0.5) is 0 Å². The average molecular weight is 235 g/mol. The SMILES string of the molecule is CC(C)(C)[C@H]1COC(C2=CC=CC2C(=O)O)=N1. The van der Waals surface area contributed by atoms with Crippen molar-refractivity contribution in [1.29, 1.82) is 0 Å². The van der Waals surface area contributed by atoms with Crippen molar-refractivity contribution < 1.29 is 14.6 Å². The largest absolute Gasteiger partial charge is 0.481 e. The standard InChI is InChI=1S/C13H17NO3/c1-13(2,3)10-7-17-11(14-10)8-5-4-6-9(8)12(15)16/h4-6,9-10H,7H2,1-3H3,(H,15,16)/t9?,10-/m1/s1. The summed E-state index contributed by atoms with van der Waals surface area (Å²) in [5, 5.41) is 9.07. The van der Waals surface area contributed by atoms with Crippen molar-refractivity contribution in [2.75, 3.05) is 6.61 Å². The predicted molar refractivity (Wildman–Crippen MR) is 65.0 cm³/mol. The van der Waals surface area contributed by atoms with Crippen LogP contribution in [0.15, 0.2) is 28.8 Å². The second-order valence-corrected chi connectivity index (χ2v) is 5.45. The highest BCUT2D eigenvalue weighted by atomic mass is 16.5. The Hall–Kier alpha value is -1.58. The van der Waals surface area contributed by atoms with Crippen LogP contribution in [0, 0.1) is 11.3 Å². The maximum atomic E-state index is 11.0. The fraction of sp³-hybridized carbons (Fsp3) is 0.538. The molecule has 92 valence electrons. The minimum atomic E-state index is -0.865. The molecule has 0 fully saturated rings. The molecule has 0 aromatic rings. The van der Waals surface area contributed by atoms with E-state index in [4.69, 9.17) is 9.84 Å². The van der Waals surface area contributed by atoms with Gasteiger partial charge in [-0.3, -0.25) is 4.79 Å². The van der Waals surface area contributed by atoms with E-state index in [-0.39, 0.29) is 11.5 Å². The third-order valence-corrected chi connectivity index (χ3v) is 3.08. The first-order valence-electron chi connectivity index (χ1n) is 5.72. The quantitative estimate of drug-likeness (QED) is 0.796. The molecule has 0 bridgehead atoms. The Kier molecular flexibility index (Phi) is 2.81. The molecule has 4 nitrogen and oxygen atoms in total. The van der Waals surface area contributed by atoms with E-state index in [0.717, 1.165) is 0 Å². The first-order chi connectivity index (χ1) is 7.89. The molecule has 2 atom stereocenters. The number of hydrogen-bond donors (Lipinski definition) is 1. The molecule has 1 aliphatic carbocycles. The topological polar surface area (TPSA) is 58.9 Å². The van der Waals surface area contributed by atoms with E-state index in [1.54, 1.807) is 18.2 Å². The lowest BCUT2D eigenvalue weighted by molar-refractivity contribution is -0.138. The molecule has 0 saturated heterocycles. The molecular weight excluding hydrogens is 218 g/mol. The van der Waals surface area contributed by atoms with Crippen molar-refractivity contribution in [2.45, 2.75) is 26.8 Å². The summed E-state index contributed by atoms with van der Waals surface area (Å²) >= 11 is 0. The minimum Gasteiger partial charge on any atom is -0.481 e. The first kappa shape index (κ1) is 11.9. The molecule has 0 aromatic heterocycles. The Balaban J connectivity index is 2.18. The molecule has 2 aliphatic rings. The fourth-order valence-electron chi connectivity index (χ4n) is 1.87. The molecule has 0 saturated carbocycles. The summed E-state index contributed by atoms with van der Waals surface area (Å²) in [6.07, 6.45) is 5.15. The highest BCUT2D eigenvalue weighted by molar-refractivity contribution is 6.01. The number of hydrogen-bond acceptors (Lipinski definition) is 3. The summed E-state index contributed by atoms with van der Waals surface area (Å²) in [4.78, 5) is 15.5. The summed E-state index contributed by atoms with van der Waals surface area (Å²) in [7, 11) is 0. The number of nitrogens with zero attached hydrogens (tertiary/aromatic N) is 1. The molecule has 0 amide bonds. The monoisotopic (exact) mass is 235 g/mol. The molecule has 1 aliphatic heterocycles. The third-order valence-electron chi connectivity index (χ3n) is 3.08. The molecule has 0 spiro atoms. The Morgan fingerprint density at radius 3 is 2.76 bits per heavy atom. The van der Waals surface area contributed by atoms with Gasteiger partial charge < -0.3 is 9.84 Å². The molecule has 1 N–H and O–H groups in total. The highest BCUT2D eigenvalue weighted by Crippen LogP contribution is 2.30. The smallest absolute Gasteiger partial charge is 0.315 e. The predicted octanol–water partition coefficient (Wildman–Crippen LogP) is 2.03. The van der Waals surface area contributed by atoms with Crippen molar-refractivity contribution in [2.24, 2.45) is 16.3 Å². The maximum Gasteiger partial charge on any atom is 0.315 e. The van der Waals surface area contributed by atoms with Crippen molar-refractivity contribution in [3.63, 3.8) is 0 Å². The van der Waals surface area contributed by atoms with E-state index >= 15 is 0 Å². The fourth-order valence-corrected chi connectivity index (χ4v) is 1.87. The molecule has 1 unspecified atom stereocenters. The lowest BCUT2D eigenvalue weighted by atomic mass is 9.88. The van der Waals surface area contributed by atoms with E-state index < -0.39 is 11.9 Å². The van der Waals surface area contributed by atoms with Gasteiger partial charge in [0.25, 0.3) is 0 Å². The van der Waals surface area contributed by atoms with Gasteiger partial charge in [0.15, 0.2) is 0 Å². The van der Waals surface area contributed by atoms with Crippen molar-refractivity contribution in [3.05, 3.63) is 23.8 Å². The molecule has 0 aromatic carbocycles. The first-order valence-corrected chi connectivity index (χ1v) is 5.72. The van der Waals surface area contributed by atoms with Crippen LogP contribution in [0.1, 0.15) is 20.8 Å². The van der Waals surface area contributed by atoms with Gasteiger partial charge in [0, 0.05) is 5.57 Å². The Labute approximate surface area is 101 Å². The minimum absolute atomic E-state index is 0.0348. The number of carbonyl (C=O) groups is 1. The number of ether oxygens (including phenoxy) is 1. The van der Waals surface area contributed by atoms with Crippen LogP contribution in [0.25, 0.3) is 0 Å². The zero-order chi connectivity index (χ0) is 12.6. The van der Waals surface area contributed by atoms with Crippen LogP contribution >= 0.6 is 0 Å². The van der Waals surface area contributed by atoms with E-state index in [2.05, 4.69) is 25.8 Å². The second kappa shape index (κ2) is 4.02. The summed E-state index contributed by atoms with van der Waals surface area (Å²) in [5.74, 6) is -0.995. The summed E-state index contributed by atoms with van der Waals surface area (Å²) in [5.41, 5.74) is 0.691. The molecule has 17 heavy (non-hydrogen) atoms. The Bertz CT molecular complexity index is 426. The zero-order valence-corrected chi connectivity index (χ0v) is 10.3. The normalized spacial score (nSPS) is 27.7. The Morgan fingerprint density at radius 2 is 2.24 bits per heavy atom. The van der Waals surface area contributed by atoms with Gasteiger partial charge >= 0.3 is 5.97 Å². The number of carboxylic acid groups (broad SMARTS) is 1. The third kappa shape index (κ3) is 2.25. The number of aliphatic carboxylic acids is 1. The van der Waals surface area contributed by atoms with Crippen LogP contribution in [-0.2, 0) is 9.53 Å². The molecule has 4 heteroatoms. The van der Waals surface area contributed by atoms with E-state index in [1.165, 1.54) is 0 Å². The molecule has 2 rings (SSSR count). The zero-order valence-electron chi connectivity index (χ0n) is 10.3. The van der Waals surface area contributed by atoms with Crippen LogP contribution < -0.4 is 0 Å². The van der Waals surface area contributed by atoms with Crippen LogP contribution in [0.3, 0.4) is 0 Å². The second-order valence-electron chi connectivity index (χ2n) is 5.45. The van der Waals surface area contributed by atoms with Gasteiger partial charge in [0.2, 0.25) is 5.90 Å². The van der Waals surface area contributed by atoms with Crippen molar-refractivity contribution in [1.82, 2.24) is 0 Å². The molecular formula is C13H17NO3. The lowest BCUT2D eigenvalue weighted by Gasteiger charge is -2.21. The van der Waals surface area contributed by atoms with Crippen LogP contribution in [-0.4, -0.2) is 29.6 Å². The van der Waals surface area contributed by atoms with E-state index in [0.29, 0.717) is 18.1 Å². The number of rotatable bonds is 2. The van der Waals surface area contributed by atoms with Crippen LogP contribution in [0.2, 0.25) is 0 Å². The van der Waals surface area contributed by atoms with Gasteiger partial charge in [-0.2, -0.15) is 0 Å². The van der Waals surface area contributed by atoms with Crippen molar-refractivity contribution in [3.8, 4) is 0 Å². The lowest BCUT2D eigenvalue weighted by Crippen LogP contribution is -2.25. The van der Waals surface area contributed by atoms with Crippen LogP contribution in [0.5, 0.6) is 0 Å². The molecule has 1 heterocycles. The van der Waals surface area contributed by atoms with E-state index in [9.17, 15) is 4.79 Å². The highest BCUT2D eigenvalue weighted by Gasteiger charge is 2.35. The number of carboxylic acids is 1. The van der Waals surface area contributed by atoms with E-state index in [1.807, 2.05) is 0 Å². The summed E-state index contributed by atoms with van der Waals surface area (Å²) in [6.45, 7) is 6.83. The maximum absolute atomic E-state index is 11.0. The van der Waals surface area contributed by atoms with Gasteiger partial charge in [0.1, 0.15) is 12.5 Å². The number of allylic oxidation sites excluding steroid dienone is 2. The summed E-state index contributed by atoms with van der Waals surface area (Å²) in [6, 6.07) is 0.0912. The molecule has 0 radical (unpaired) electrons. The van der Waals surface area contributed by atoms with Gasteiger partial charge in [-0.05, 0) is 5.41 Å². The van der Waals surface area contributed by atoms with Gasteiger partial charge in [0.05, 0.1) is 6.04 Å². The average Bonchev–Trinajstić information content (AvgIpc) is 2.85.